The number of hydrogen-bond acceptors (Lipinski definition) is 6. The number of nitrogens with zero attached hydrogens (tertiary/aromatic N) is 3. The average Bonchev–Trinajstić information content (AvgIpc) is 3.11. The molecule has 0 saturated heterocycles. The Balaban J connectivity index is 1.90. The number of ketones is 1. The second-order valence-electron chi connectivity index (χ2n) is 8.64. The highest BCUT2D eigenvalue weighted by Crippen LogP contribution is 2.46. The second kappa shape index (κ2) is 7.45. The van der Waals surface area contributed by atoms with Gasteiger partial charge in [-0.25, -0.2) is 4.79 Å². The third-order valence-electron chi connectivity index (χ3n) is 6.64. The van der Waals surface area contributed by atoms with Gasteiger partial charge in [-0.3, -0.25) is 9.48 Å². The fraction of sp³-hybridized carbons (Fsp3) is 0.522. The highest BCUT2D eigenvalue weighted by Gasteiger charge is 2.46. The highest BCUT2D eigenvalue weighted by atomic mass is 16.5. The smallest absolute Gasteiger partial charge is 0.343 e. The molecule has 2 aliphatic rings. The molecular formula is C23H29N3O4. The lowest BCUT2D eigenvalue weighted by Crippen LogP contribution is -2.53. The van der Waals surface area contributed by atoms with Crippen LogP contribution in [0.3, 0.4) is 0 Å². The van der Waals surface area contributed by atoms with Gasteiger partial charge < -0.3 is 14.4 Å². The van der Waals surface area contributed by atoms with Gasteiger partial charge in [0.1, 0.15) is 16.8 Å². The molecular weight excluding hydrogens is 382 g/mol. The molecule has 30 heavy (non-hydrogen) atoms. The van der Waals surface area contributed by atoms with Crippen LogP contribution in [-0.2, 0) is 20.9 Å². The summed E-state index contributed by atoms with van der Waals surface area (Å²) in [6.45, 7) is 9.27. The molecule has 0 radical (unpaired) electrons. The van der Waals surface area contributed by atoms with Crippen LogP contribution in [0.1, 0.15) is 52.3 Å². The molecule has 2 unspecified atom stereocenters. The summed E-state index contributed by atoms with van der Waals surface area (Å²) in [4.78, 5) is 27.6. The molecule has 1 aromatic heterocycles. The number of esters is 1. The molecule has 7 nitrogen and oxygen atoms in total. The van der Waals surface area contributed by atoms with E-state index in [-0.39, 0.29) is 41.9 Å². The van der Waals surface area contributed by atoms with E-state index in [2.05, 4.69) is 25.7 Å². The minimum atomic E-state index is -0.542. The van der Waals surface area contributed by atoms with Crippen LogP contribution in [0.15, 0.2) is 30.0 Å². The first-order chi connectivity index (χ1) is 14.3. The SMILES string of the molecule is CCOC(=O)C1=CN2C(CC1=O)c1c3cccc(OC)c3nn1CC2C(C)(C)CC. The van der Waals surface area contributed by atoms with E-state index in [0.29, 0.717) is 6.54 Å². The number of hydrogen-bond donors (Lipinski definition) is 0. The molecule has 0 amide bonds. The van der Waals surface area contributed by atoms with Gasteiger partial charge in [0.05, 0.1) is 38.0 Å². The fourth-order valence-electron chi connectivity index (χ4n) is 4.57. The first-order valence-electron chi connectivity index (χ1n) is 10.5. The summed E-state index contributed by atoms with van der Waals surface area (Å²) in [6.07, 6.45) is 2.91. The quantitative estimate of drug-likeness (QED) is 0.553. The number of ether oxygens (including phenoxy) is 2. The van der Waals surface area contributed by atoms with Gasteiger partial charge in [-0.15, -0.1) is 0 Å². The topological polar surface area (TPSA) is 73.7 Å². The monoisotopic (exact) mass is 411 g/mol. The van der Waals surface area contributed by atoms with E-state index in [1.165, 1.54) is 0 Å². The molecule has 2 aliphatic heterocycles. The van der Waals surface area contributed by atoms with Gasteiger partial charge in [-0.2, -0.15) is 5.10 Å². The molecule has 0 bridgehead atoms. The Morgan fingerprint density at radius 2 is 2.07 bits per heavy atom. The van der Waals surface area contributed by atoms with E-state index in [1.54, 1.807) is 20.2 Å². The highest BCUT2D eigenvalue weighted by molar-refractivity contribution is 6.18. The van der Waals surface area contributed by atoms with Crippen molar-refractivity contribution < 1.29 is 19.1 Å². The van der Waals surface area contributed by atoms with Crippen molar-refractivity contribution >= 4 is 22.7 Å². The van der Waals surface area contributed by atoms with Crippen LogP contribution in [0.5, 0.6) is 5.75 Å². The van der Waals surface area contributed by atoms with Crippen LogP contribution in [0.2, 0.25) is 0 Å². The molecule has 0 aliphatic carbocycles. The minimum absolute atomic E-state index is 0.0468. The summed E-state index contributed by atoms with van der Waals surface area (Å²) in [5, 5.41) is 5.85. The fourth-order valence-corrected chi connectivity index (χ4v) is 4.57. The first-order valence-corrected chi connectivity index (χ1v) is 10.5. The first kappa shape index (κ1) is 20.4. The molecule has 2 atom stereocenters. The number of aromatic nitrogens is 2. The summed E-state index contributed by atoms with van der Waals surface area (Å²) >= 11 is 0. The number of Topliss-reactive ketones (excluding diaryl/α,β-unsaturated/α-hetero) is 1. The Hall–Kier alpha value is -2.83. The maximum absolute atomic E-state index is 12.9. The molecule has 0 fully saturated rings. The number of benzene rings is 1. The maximum Gasteiger partial charge on any atom is 0.343 e. The molecule has 1 aromatic carbocycles. The van der Waals surface area contributed by atoms with E-state index in [1.807, 2.05) is 22.9 Å². The van der Waals surface area contributed by atoms with E-state index >= 15 is 0 Å². The zero-order chi connectivity index (χ0) is 21.6. The van der Waals surface area contributed by atoms with Gasteiger partial charge in [0, 0.05) is 18.0 Å². The summed E-state index contributed by atoms with van der Waals surface area (Å²) in [7, 11) is 1.64. The molecule has 0 N–H and O–H groups in total. The largest absolute Gasteiger partial charge is 0.494 e. The molecule has 4 rings (SSSR count). The van der Waals surface area contributed by atoms with Crippen LogP contribution in [0, 0.1) is 5.41 Å². The molecule has 3 heterocycles. The second-order valence-corrected chi connectivity index (χ2v) is 8.64. The van der Waals surface area contributed by atoms with Crippen molar-refractivity contribution in [2.24, 2.45) is 5.41 Å². The minimum Gasteiger partial charge on any atom is -0.494 e. The summed E-state index contributed by atoms with van der Waals surface area (Å²) in [5.41, 5.74) is 1.89. The van der Waals surface area contributed by atoms with Gasteiger partial charge in [0.15, 0.2) is 5.78 Å². The standard InChI is InChI=1S/C23H29N3O4/c1-6-23(3,4)19-13-26-21(14-9-8-10-18(29-5)20(14)24-26)16-11-17(27)15(12-25(16)19)22(28)30-7-2/h8-10,12,16,19H,6-7,11,13H2,1-5H3. The summed E-state index contributed by atoms with van der Waals surface area (Å²) in [6, 6.07) is 5.77. The van der Waals surface area contributed by atoms with Crippen molar-refractivity contribution in [2.75, 3.05) is 13.7 Å². The Morgan fingerprint density at radius 1 is 1.30 bits per heavy atom. The van der Waals surface area contributed by atoms with Crippen molar-refractivity contribution in [1.82, 2.24) is 14.7 Å². The Morgan fingerprint density at radius 3 is 2.73 bits per heavy atom. The van der Waals surface area contributed by atoms with Gasteiger partial charge >= 0.3 is 5.97 Å². The van der Waals surface area contributed by atoms with Crippen molar-refractivity contribution in [1.29, 1.82) is 0 Å². The van der Waals surface area contributed by atoms with Crippen molar-refractivity contribution in [2.45, 2.75) is 59.2 Å². The van der Waals surface area contributed by atoms with E-state index < -0.39 is 5.97 Å². The Bertz CT molecular complexity index is 1040. The van der Waals surface area contributed by atoms with Crippen molar-refractivity contribution in [3.8, 4) is 5.75 Å². The van der Waals surface area contributed by atoms with Crippen LogP contribution >= 0.6 is 0 Å². The van der Waals surface area contributed by atoms with Gasteiger partial charge in [0.25, 0.3) is 0 Å². The molecule has 160 valence electrons. The molecule has 0 saturated carbocycles. The van der Waals surface area contributed by atoms with Crippen molar-refractivity contribution in [3.05, 3.63) is 35.7 Å². The predicted octanol–water partition coefficient (Wildman–Crippen LogP) is 3.63. The van der Waals surface area contributed by atoms with E-state index in [4.69, 9.17) is 14.6 Å². The molecule has 2 aromatic rings. The number of rotatable bonds is 5. The lowest BCUT2D eigenvalue weighted by atomic mass is 9.77. The van der Waals surface area contributed by atoms with Gasteiger partial charge in [-0.05, 0) is 24.8 Å². The van der Waals surface area contributed by atoms with Crippen LogP contribution in [0.25, 0.3) is 10.9 Å². The number of carbonyl (C=O) groups excluding carboxylic acids is 2. The van der Waals surface area contributed by atoms with Gasteiger partial charge in [-0.1, -0.05) is 32.9 Å². The zero-order valence-corrected chi connectivity index (χ0v) is 18.3. The normalized spacial score (nSPS) is 21.2. The summed E-state index contributed by atoms with van der Waals surface area (Å²) < 4.78 is 12.7. The Labute approximate surface area is 176 Å². The average molecular weight is 412 g/mol. The van der Waals surface area contributed by atoms with Crippen LogP contribution in [-0.4, -0.2) is 46.2 Å². The lowest BCUT2D eigenvalue weighted by molar-refractivity contribution is -0.141. The van der Waals surface area contributed by atoms with Crippen LogP contribution < -0.4 is 4.74 Å². The van der Waals surface area contributed by atoms with E-state index in [9.17, 15) is 9.59 Å². The predicted molar refractivity (Wildman–Crippen MR) is 113 cm³/mol. The van der Waals surface area contributed by atoms with E-state index in [0.717, 1.165) is 28.8 Å². The summed E-state index contributed by atoms with van der Waals surface area (Å²) in [5.74, 6) is -0.00907. The zero-order valence-electron chi connectivity index (χ0n) is 18.3. The van der Waals surface area contributed by atoms with Crippen LogP contribution in [0.4, 0.5) is 0 Å². The Kier molecular flexibility index (Phi) is 5.08. The molecule has 7 heteroatoms. The number of fused-ring (bicyclic) bond motifs is 5. The van der Waals surface area contributed by atoms with Crippen molar-refractivity contribution in [3.63, 3.8) is 0 Å². The lowest BCUT2D eigenvalue weighted by Gasteiger charge is -2.50. The molecule has 0 spiro atoms. The number of methoxy groups -OCH3 is 1. The van der Waals surface area contributed by atoms with Gasteiger partial charge in [0.2, 0.25) is 0 Å². The maximum atomic E-state index is 12.9. The third-order valence-corrected chi connectivity index (χ3v) is 6.64. The third kappa shape index (κ3) is 3.07. The number of carbonyl (C=O) groups is 2.